The number of aromatic nitrogens is 1. The Morgan fingerprint density at radius 1 is 1.40 bits per heavy atom. The lowest BCUT2D eigenvalue weighted by atomic mass is 10.1. The molecule has 3 rings (SSSR count). The maximum Gasteiger partial charge on any atom is 0.416 e. The van der Waals surface area contributed by atoms with Gasteiger partial charge in [0.25, 0.3) is 5.91 Å². The van der Waals surface area contributed by atoms with Crippen molar-refractivity contribution < 1.29 is 22.7 Å². The van der Waals surface area contributed by atoms with E-state index in [9.17, 15) is 18.0 Å². The van der Waals surface area contributed by atoms with Gasteiger partial charge in [0.1, 0.15) is 11.4 Å². The Labute approximate surface area is 177 Å². The molecule has 1 aromatic carbocycles. The summed E-state index contributed by atoms with van der Waals surface area (Å²) in [6.45, 7) is 5.38. The standard InChI is InChI=1S/C21H22F3N3O2S/c1-5-19-25-18(12-30-19)20(28)27(15-6-7-26(11-15)13(2)3)16-8-14(21(22,23)24)9-17(10-16)29-4/h1,8-10,12-13,15H,6-7,11H2,2-4H3. The molecular formula is C21H22F3N3O2S. The highest BCUT2D eigenvalue weighted by Gasteiger charge is 2.37. The Bertz CT molecular complexity index is 965. The van der Waals surface area contributed by atoms with Gasteiger partial charge in [-0.05, 0) is 38.3 Å². The summed E-state index contributed by atoms with van der Waals surface area (Å²) in [5, 5.41) is 1.88. The van der Waals surface area contributed by atoms with Crippen LogP contribution in [0.2, 0.25) is 0 Å². The smallest absolute Gasteiger partial charge is 0.416 e. The summed E-state index contributed by atoms with van der Waals surface area (Å²) >= 11 is 1.14. The van der Waals surface area contributed by atoms with Gasteiger partial charge >= 0.3 is 6.18 Å². The van der Waals surface area contributed by atoms with Crippen molar-refractivity contribution in [2.75, 3.05) is 25.1 Å². The summed E-state index contributed by atoms with van der Waals surface area (Å²) in [5.74, 6) is 1.92. The highest BCUT2D eigenvalue weighted by atomic mass is 32.1. The van der Waals surface area contributed by atoms with E-state index in [-0.39, 0.29) is 29.2 Å². The number of rotatable bonds is 5. The van der Waals surface area contributed by atoms with Crippen LogP contribution in [0.4, 0.5) is 18.9 Å². The molecule has 1 aromatic heterocycles. The largest absolute Gasteiger partial charge is 0.497 e. The first kappa shape index (κ1) is 22.1. The highest BCUT2D eigenvalue weighted by molar-refractivity contribution is 7.10. The van der Waals surface area contributed by atoms with Crippen LogP contribution in [0.5, 0.6) is 5.75 Å². The molecule has 1 unspecified atom stereocenters. The van der Waals surface area contributed by atoms with Crippen LogP contribution in [0.3, 0.4) is 0 Å². The first-order chi connectivity index (χ1) is 14.1. The summed E-state index contributed by atoms with van der Waals surface area (Å²) < 4.78 is 45.5. The molecule has 1 amide bonds. The van der Waals surface area contributed by atoms with Gasteiger partial charge in [-0.3, -0.25) is 9.69 Å². The van der Waals surface area contributed by atoms with E-state index < -0.39 is 17.6 Å². The lowest BCUT2D eigenvalue weighted by molar-refractivity contribution is -0.137. The van der Waals surface area contributed by atoms with Crippen LogP contribution in [0.1, 0.15) is 41.3 Å². The average molecular weight is 437 g/mol. The van der Waals surface area contributed by atoms with Crippen molar-refractivity contribution in [3.63, 3.8) is 0 Å². The Hall–Kier alpha value is -2.57. The number of hydrogen-bond acceptors (Lipinski definition) is 5. The lowest BCUT2D eigenvalue weighted by Crippen LogP contribution is -2.43. The summed E-state index contributed by atoms with van der Waals surface area (Å²) in [7, 11) is 1.29. The van der Waals surface area contributed by atoms with Gasteiger partial charge < -0.3 is 9.64 Å². The number of alkyl halides is 3. The van der Waals surface area contributed by atoms with Gasteiger partial charge in [0.15, 0.2) is 5.01 Å². The van der Waals surface area contributed by atoms with Crippen LogP contribution in [-0.2, 0) is 6.18 Å². The van der Waals surface area contributed by atoms with Crippen molar-refractivity contribution in [3.8, 4) is 18.1 Å². The maximum absolute atomic E-state index is 13.5. The number of thiazole rings is 1. The number of methoxy groups -OCH3 is 1. The van der Waals surface area contributed by atoms with E-state index in [4.69, 9.17) is 11.2 Å². The molecule has 0 spiro atoms. The molecule has 0 aliphatic carbocycles. The van der Waals surface area contributed by atoms with Crippen molar-refractivity contribution in [2.24, 2.45) is 0 Å². The molecule has 30 heavy (non-hydrogen) atoms. The number of nitrogens with zero attached hydrogens (tertiary/aromatic N) is 3. The molecule has 0 bridgehead atoms. The third kappa shape index (κ3) is 4.60. The number of ether oxygens (including phenoxy) is 1. The number of likely N-dealkylation sites (tertiary alicyclic amines) is 1. The van der Waals surface area contributed by atoms with E-state index >= 15 is 0 Å². The third-order valence-corrected chi connectivity index (χ3v) is 5.86. The number of benzene rings is 1. The molecule has 1 aliphatic rings. The van der Waals surface area contributed by atoms with Crippen LogP contribution in [0, 0.1) is 12.3 Å². The van der Waals surface area contributed by atoms with E-state index in [1.165, 1.54) is 23.5 Å². The molecule has 5 nitrogen and oxygen atoms in total. The normalized spacial score (nSPS) is 17.2. The quantitative estimate of drug-likeness (QED) is 0.655. The Kier molecular flexibility index (Phi) is 6.38. The average Bonchev–Trinajstić information content (AvgIpc) is 3.37. The van der Waals surface area contributed by atoms with Crippen molar-refractivity contribution in [3.05, 3.63) is 39.8 Å². The fourth-order valence-electron chi connectivity index (χ4n) is 3.51. The molecule has 0 saturated carbocycles. The predicted octanol–water partition coefficient (Wildman–Crippen LogP) is 4.28. The minimum atomic E-state index is -4.57. The topological polar surface area (TPSA) is 45.7 Å². The molecule has 1 atom stereocenters. The van der Waals surface area contributed by atoms with Crippen molar-refractivity contribution in [1.29, 1.82) is 0 Å². The molecule has 160 valence electrons. The van der Waals surface area contributed by atoms with Crippen LogP contribution in [0.25, 0.3) is 0 Å². The van der Waals surface area contributed by atoms with Gasteiger partial charge in [0.05, 0.1) is 18.7 Å². The molecule has 2 aromatic rings. The molecule has 1 saturated heterocycles. The second-order valence-electron chi connectivity index (χ2n) is 7.31. The zero-order chi connectivity index (χ0) is 22.1. The number of amides is 1. The first-order valence-corrected chi connectivity index (χ1v) is 10.3. The second kappa shape index (κ2) is 8.66. The fraction of sp³-hybridized carbons (Fsp3) is 0.429. The molecule has 9 heteroatoms. The van der Waals surface area contributed by atoms with Gasteiger partial charge in [-0.25, -0.2) is 4.98 Å². The molecule has 0 N–H and O–H groups in total. The van der Waals surface area contributed by atoms with E-state index in [1.54, 1.807) is 0 Å². The van der Waals surface area contributed by atoms with E-state index in [1.807, 2.05) is 13.8 Å². The Balaban J connectivity index is 2.08. The minimum absolute atomic E-state index is 0.0268. The van der Waals surface area contributed by atoms with Gasteiger partial charge in [-0.2, -0.15) is 13.2 Å². The number of terminal acetylenes is 1. The highest BCUT2D eigenvalue weighted by Crippen LogP contribution is 2.37. The minimum Gasteiger partial charge on any atom is -0.497 e. The van der Waals surface area contributed by atoms with Crippen LogP contribution < -0.4 is 9.64 Å². The van der Waals surface area contributed by atoms with Crippen LogP contribution in [0.15, 0.2) is 23.6 Å². The number of anilines is 1. The first-order valence-electron chi connectivity index (χ1n) is 9.40. The van der Waals surface area contributed by atoms with E-state index in [2.05, 4.69) is 15.8 Å². The van der Waals surface area contributed by atoms with E-state index in [0.717, 1.165) is 30.0 Å². The van der Waals surface area contributed by atoms with Gasteiger partial charge in [-0.1, -0.05) is 0 Å². The SMILES string of the molecule is C#Cc1nc(C(=O)N(c2cc(OC)cc(C(F)(F)F)c2)C2CCN(C(C)C)C2)cs1. The summed E-state index contributed by atoms with van der Waals surface area (Å²) in [5.41, 5.74) is -0.638. The Morgan fingerprint density at radius 3 is 2.67 bits per heavy atom. The van der Waals surface area contributed by atoms with Crippen LogP contribution in [-0.4, -0.2) is 48.1 Å². The molecule has 1 fully saturated rings. The van der Waals surface area contributed by atoms with Gasteiger partial charge in [-0.15, -0.1) is 17.8 Å². The third-order valence-electron chi connectivity index (χ3n) is 5.09. The van der Waals surface area contributed by atoms with E-state index in [0.29, 0.717) is 18.0 Å². The van der Waals surface area contributed by atoms with Gasteiger partial charge in [0.2, 0.25) is 0 Å². The fourth-order valence-corrected chi connectivity index (χ4v) is 4.10. The zero-order valence-corrected chi connectivity index (χ0v) is 17.7. The predicted molar refractivity (Wildman–Crippen MR) is 110 cm³/mol. The Morgan fingerprint density at radius 2 is 2.13 bits per heavy atom. The number of hydrogen-bond donors (Lipinski definition) is 0. The van der Waals surface area contributed by atoms with Gasteiger partial charge in [0, 0.05) is 36.3 Å². The molecular weight excluding hydrogens is 415 g/mol. The molecule has 0 radical (unpaired) electrons. The van der Waals surface area contributed by atoms with Crippen molar-refractivity contribution in [1.82, 2.24) is 9.88 Å². The number of carbonyl (C=O) groups is 1. The summed E-state index contributed by atoms with van der Waals surface area (Å²) in [6.07, 6.45) is 1.41. The lowest BCUT2D eigenvalue weighted by Gasteiger charge is -2.30. The second-order valence-corrected chi connectivity index (χ2v) is 8.16. The zero-order valence-electron chi connectivity index (χ0n) is 16.9. The number of halogens is 3. The van der Waals surface area contributed by atoms with Crippen molar-refractivity contribution >= 4 is 22.9 Å². The molecule has 2 heterocycles. The summed E-state index contributed by atoms with van der Waals surface area (Å²) in [4.78, 5) is 21.1. The summed E-state index contributed by atoms with van der Waals surface area (Å²) in [6, 6.07) is 3.30. The van der Waals surface area contributed by atoms with Crippen molar-refractivity contribution in [2.45, 2.75) is 38.5 Å². The van der Waals surface area contributed by atoms with Crippen LogP contribution >= 0.6 is 11.3 Å². The maximum atomic E-state index is 13.5. The number of carbonyl (C=O) groups excluding carboxylic acids is 1. The molecule has 1 aliphatic heterocycles. The monoisotopic (exact) mass is 437 g/mol.